The van der Waals surface area contributed by atoms with E-state index < -0.39 is 0 Å². The van der Waals surface area contributed by atoms with Gasteiger partial charge in [-0.1, -0.05) is 0 Å². The Morgan fingerprint density at radius 2 is 2.19 bits per heavy atom. The van der Waals surface area contributed by atoms with Crippen molar-refractivity contribution in [3.05, 3.63) is 24.7 Å². The number of aromatic amines is 1. The number of pyridine rings is 1. The van der Waals surface area contributed by atoms with E-state index in [1.165, 1.54) is 4.90 Å². The van der Waals surface area contributed by atoms with Crippen molar-refractivity contribution in [3.63, 3.8) is 0 Å². The molecule has 0 unspecified atom stereocenters. The van der Waals surface area contributed by atoms with E-state index in [1.807, 2.05) is 18.3 Å². The Labute approximate surface area is 150 Å². The molecular formula is C18H19N7O. The molecule has 3 aromatic heterocycles. The molecule has 8 nitrogen and oxygen atoms in total. The van der Waals surface area contributed by atoms with Crippen molar-refractivity contribution >= 4 is 33.5 Å². The second-order valence-electron chi connectivity index (χ2n) is 6.60. The summed E-state index contributed by atoms with van der Waals surface area (Å²) in [4.78, 5) is 24.8. The van der Waals surface area contributed by atoms with Crippen molar-refractivity contribution in [1.82, 2.24) is 25.1 Å². The van der Waals surface area contributed by atoms with Crippen molar-refractivity contribution in [2.75, 3.05) is 31.6 Å². The van der Waals surface area contributed by atoms with Gasteiger partial charge in [0, 0.05) is 43.0 Å². The van der Waals surface area contributed by atoms with Crippen molar-refractivity contribution < 1.29 is 4.79 Å². The zero-order valence-corrected chi connectivity index (χ0v) is 14.5. The number of rotatable bonds is 3. The van der Waals surface area contributed by atoms with Crippen LogP contribution in [0.3, 0.4) is 0 Å². The summed E-state index contributed by atoms with van der Waals surface area (Å²) in [5.41, 5.74) is 2.63. The van der Waals surface area contributed by atoms with E-state index in [0.717, 1.165) is 53.6 Å². The molecule has 1 amide bonds. The number of H-pyrrole nitrogens is 1. The number of piperidine rings is 1. The van der Waals surface area contributed by atoms with Crippen LogP contribution in [-0.4, -0.2) is 57.7 Å². The standard InChI is InChI=1S/C18H19N7O/c1-24(9-5-19)18(26)12-3-7-25(8-4-12)15-11-22-23-14-10-21-17-13(16(14)15)2-6-20-17/h2,6,10-12,23H,3-4,7-9H2,1H3. The lowest BCUT2D eigenvalue weighted by Gasteiger charge is -2.34. The Kier molecular flexibility index (Phi) is 4.13. The molecule has 1 N–H and O–H groups in total. The maximum absolute atomic E-state index is 12.4. The van der Waals surface area contributed by atoms with Gasteiger partial charge in [-0.25, -0.2) is 9.97 Å². The van der Waals surface area contributed by atoms with E-state index in [1.54, 1.807) is 19.4 Å². The molecule has 0 bridgehead atoms. The van der Waals surface area contributed by atoms with E-state index >= 15 is 0 Å². The van der Waals surface area contributed by atoms with Crippen LogP contribution in [0.15, 0.2) is 24.7 Å². The fourth-order valence-electron chi connectivity index (χ4n) is 3.65. The number of hydrogen-bond donors (Lipinski definition) is 1. The summed E-state index contributed by atoms with van der Waals surface area (Å²) in [7, 11) is 1.69. The maximum atomic E-state index is 12.4. The Balaban J connectivity index is 1.60. The molecule has 3 aromatic rings. The quantitative estimate of drug-likeness (QED) is 0.722. The van der Waals surface area contributed by atoms with Gasteiger partial charge < -0.3 is 9.80 Å². The number of nitriles is 1. The van der Waals surface area contributed by atoms with Crippen LogP contribution in [0.25, 0.3) is 21.9 Å². The van der Waals surface area contributed by atoms with E-state index in [2.05, 4.69) is 25.1 Å². The predicted molar refractivity (Wildman–Crippen MR) is 97.4 cm³/mol. The van der Waals surface area contributed by atoms with Gasteiger partial charge in [0.1, 0.15) is 6.54 Å². The highest BCUT2D eigenvalue weighted by Crippen LogP contribution is 2.32. The summed E-state index contributed by atoms with van der Waals surface area (Å²) in [5, 5.41) is 18.1. The number of fused-ring (bicyclic) bond motifs is 3. The second-order valence-corrected chi connectivity index (χ2v) is 6.60. The normalized spacial score (nSPS) is 15.3. The summed E-state index contributed by atoms with van der Waals surface area (Å²) in [5.74, 6) is 0.0313. The third kappa shape index (κ3) is 2.71. The minimum atomic E-state index is -0.0265. The third-order valence-corrected chi connectivity index (χ3v) is 5.03. The van der Waals surface area contributed by atoms with Crippen LogP contribution in [0.5, 0.6) is 0 Å². The Hall–Kier alpha value is -3.21. The lowest BCUT2D eigenvalue weighted by Crippen LogP contribution is -2.41. The number of carbonyl (C=O) groups is 1. The molecule has 1 saturated heterocycles. The maximum Gasteiger partial charge on any atom is 0.226 e. The predicted octanol–water partition coefficient (Wildman–Crippen LogP) is 1.70. The van der Waals surface area contributed by atoms with Crippen LogP contribution >= 0.6 is 0 Å². The fourth-order valence-corrected chi connectivity index (χ4v) is 3.65. The SMILES string of the molecule is CN(CC#N)C(=O)C1CCN(c2cn[nH]c3cnc4nccc4c23)CC1. The molecule has 26 heavy (non-hydrogen) atoms. The number of amides is 1. The van der Waals surface area contributed by atoms with Gasteiger partial charge in [-0.05, 0) is 18.9 Å². The molecule has 0 spiro atoms. The third-order valence-electron chi connectivity index (χ3n) is 5.03. The van der Waals surface area contributed by atoms with E-state index in [9.17, 15) is 4.79 Å². The number of hydrogen-bond acceptors (Lipinski definition) is 6. The minimum Gasteiger partial charge on any atom is -0.370 e. The number of nitrogens with one attached hydrogen (secondary N) is 1. The number of carbonyl (C=O) groups excluding carboxylic acids is 1. The lowest BCUT2D eigenvalue weighted by atomic mass is 9.94. The Morgan fingerprint density at radius 3 is 2.96 bits per heavy atom. The molecule has 1 aliphatic heterocycles. The fraction of sp³-hybridized carbons (Fsp3) is 0.389. The first-order chi connectivity index (χ1) is 12.7. The zero-order chi connectivity index (χ0) is 18.1. The lowest BCUT2D eigenvalue weighted by molar-refractivity contribution is -0.134. The van der Waals surface area contributed by atoms with Gasteiger partial charge in [-0.2, -0.15) is 10.4 Å². The molecule has 4 rings (SSSR count). The molecule has 1 aliphatic rings. The van der Waals surface area contributed by atoms with Crippen molar-refractivity contribution in [1.29, 1.82) is 5.26 Å². The van der Waals surface area contributed by atoms with Crippen LogP contribution < -0.4 is 4.90 Å². The van der Waals surface area contributed by atoms with Gasteiger partial charge in [-0.3, -0.25) is 9.89 Å². The van der Waals surface area contributed by atoms with Crippen molar-refractivity contribution in [3.8, 4) is 6.07 Å². The monoisotopic (exact) mass is 349 g/mol. The molecule has 132 valence electrons. The van der Waals surface area contributed by atoms with Crippen LogP contribution in [0.2, 0.25) is 0 Å². The Bertz CT molecular complexity index is 998. The van der Waals surface area contributed by atoms with Gasteiger partial charge in [0.15, 0.2) is 5.65 Å². The van der Waals surface area contributed by atoms with E-state index in [-0.39, 0.29) is 18.4 Å². The summed E-state index contributed by atoms with van der Waals surface area (Å²) in [6, 6.07) is 4.00. The summed E-state index contributed by atoms with van der Waals surface area (Å²) in [6.45, 7) is 1.68. The van der Waals surface area contributed by atoms with Gasteiger partial charge in [0.2, 0.25) is 5.91 Å². The molecule has 4 heterocycles. The minimum absolute atomic E-state index is 0.0265. The number of nitrogens with zero attached hydrogens (tertiary/aromatic N) is 6. The molecule has 8 heteroatoms. The first-order valence-corrected chi connectivity index (χ1v) is 8.62. The summed E-state index contributed by atoms with van der Waals surface area (Å²) in [6.07, 6.45) is 6.88. The van der Waals surface area contributed by atoms with Crippen LogP contribution in [0.1, 0.15) is 12.8 Å². The van der Waals surface area contributed by atoms with Crippen LogP contribution in [0, 0.1) is 17.2 Å². The van der Waals surface area contributed by atoms with Gasteiger partial charge in [0.25, 0.3) is 0 Å². The van der Waals surface area contributed by atoms with Crippen LogP contribution in [-0.2, 0) is 4.79 Å². The summed E-state index contributed by atoms with van der Waals surface area (Å²) < 4.78 is 0. The second kappa shape index (κ2) is 6.59. The summed E-state index contributed by atoms with van der Waals surface area (Å²) >= 11 is 0. The van der Waals surface area contributed by atoms with E-state index in [4.69, 9.17) is 5.26 Å². The van der Waals surface area contributed by atoms with Gasteiger partial charge >= 0.3 is 0 Å². The average molecular weight is 349 g/mol. The number of anilines is 1. The highest BCUT2D eigenvalue weighted by atomic mass is 16.2. The Morgan fingerprint density at radius 1 is 1.38 bits per heavy atom. The molecule has 0 atom stereocenters. The van der Waals surface area contributed by atoms with Crippen LogP contribution in [0.4, 0.5) is 5.69 Å². The largest absolute Gasteiger partial charge is 0.370 e. The topological polar surface area (TPSA) is 102 Å². The number of aromatic nitrogens is 4. The van der Waals surface area contributed by atoms with Gasteiger partial charge in [-0.15, -0.1) is 0 Å². The van der Waals surface area contributed by atoms with E-state index in [0.29, 0.717) is 0 Å². The molecule has 0 aliphatic carbocycles. The molecule has 0 radical (unpaired) electrons. The van der Waals surface area contributed by atoms with Crippen molar-refractivity contribution in [2.45, 2.75) is 12.8 Å². The molecular weight excluding hydrogens is 330 g/mol. The molecule has 0 aromatic carbocycles. The molecule has 0 saturated carbocycles. The highest BCUT2D eigenvalue weighted by Gasteiger charge is 2.28. The highest BCUT2D eigenvalue weighted by molar-refractivity contribution is 6.09. The first-order valence-electron chi connectivity index (χ1n) is 8.62. The van der Waals surface area contributed by atoms with Crippen molar-refractivity contribution in [2.24, 2.45) is 5.92 Å². The van der Waals surface area contributed by atoms with Gasteiger partial charge in [0.05, 0.1) is 29.7 Å². The first kappa shape index (κ1) is 16.3. The molecule has 1 fully saturated rings. The smallest absolute Gasteiger partial charge is 0.226 e. The zero-order valence-electron chi connectivity index (χ0n) is 14.5. The average Bonchev–Trinajstić information content (AvgIpc) is 3.16.